The van der Waals surface area contributed by atoms with Crippen LogP contribution < -0.4 is 4.31 Å². The van der Waals surface area contributed by atoms with Crippen LogP contribution in [0.4, 0.5) is 5.69 Å². The van der Waals surface area contributed by atoms with Crippen LogP contribution in [0.25, 0.3) is 0 Å². The van der Waals surface area contributed by atoms with Gasteiger partial charge in [0, 0.05) is 31.6 Å². The van der Waals surface area contributed by atoms with E-state index in [0.717, 1.165) is 5.56 Å². The molecule has 3 rings (SSSR count). The number of benzene rings is 1. The number of piperidine rings is 1. The van der Waals surface area contributed by atoms with Crippen molar-refractivity contribution < 1.29 is 23.1 Å². The summed E-state index contributed by atoms with van der Waals surface area (Å²) in [6, 6.07) is 5.15. The molecule has 7 nitrogen and oxygen atoms in total. The Hall–Kier alpha value is -2.09. The second-order valence-corrected chi connectivity index (χ2v) is 9.09. The lowest BCUT2D eigenvalue weighted by molar-refractivity contribution is -0.138. The van der Waals surface area contributed by atoms with Crippen LogP contribution in [0.2, 0.25) is 0 Å². The van der Waals surface area contributed by atoms with E-state index in [1.165, 1.54) is 4.31 Å². The monoisotopic (exact) mass is 380 g/mol. The first-order valence-electron chi connectivity index (χ1n) is 8.90. The van der Waals surface area contributed by atoms with Gasteiger partial charge in [0.1, 0.15) is 0 Å². The fourth-order valence-electron chi connectivity index (χ4n) is 3.73. The van der Waals surface area contributed by atoms with Crippen molar-refractivity contribution in [2.75, 3.05) is 29.7 Å². The number of sulfonamides is 1. The summed E-state index contributed by atoms with van der Waals surface area (Å²) in [5, 5.41) is 8.88. The summed E-state index contributed by atoms with van der Waals surface area (Å²) in [5.74, 6) is -0.580. The molecule has 26 heavy (non-hydrogen) atoms. The van der Waals surface area contributed by atoms with E-state index in [1.807, 2.05) is 6.92 Å². The fourth-order valence-corrected chi connectivity index (χ4v) is 5.29. The average Bonchev–Trinajstić information content (AvgIpc) is 2.93. The molecule has 0 unspecified atom stereocenters. The summed E-state index contributed by atoms with van der Waals surface area (Å²) in [4.78, 5) is 25.4. The number of aryl methyl sites for hydroxylation is 1. The standard InChI is InChI=1S/C18H24N2O5S/c1-13-11-15(20-7-2-10-26(20,24)25)3-4-16(13)18(23)19-8-5-14(6-9-19)12-17(21)22/h3-4,11,14H,2,5-10,12H2,1H3,(H,21,22). The van der Waals surface area contributed by atoms with Crippen molar-refractivity contribution in [2.24, 2.45) is 5.92 Å². The number of anilines is 1. The number of amides is 1. The number of aliphatic carboxylic acids is 1. The van der Waals surface area contributed by atoms with Crippen LogP contribution in [0.1, 0.15) is 41.6 Å². The van der Waals surface area contributed by atoms with E-state index >= 15 is 0 Å². The molecule has 1 aromatic rings. The summed E-state index contributed by atoms with van der Waals surface area (Å²) < 4.78 is 25.5. The molecule has 0 spiro atoms. The van der Waals surface area contributed by atoms with Gasteiger partial charge in [0.05, 0.1) is 11.4 Å². The summed E-state index contributed by atoms with van der Waals surface area (Å²) in [6.45, 7) is 3.40. The second-order valence-electron chi connectivity index (χ2n) is 7.07. The molecule has 1 aromatic carbocycles. The van der Waals surface area contributed by atoms with Crippen molar-refractivity contribution >= 4 is 27.6 Å². The van der Waals surface area contributed by atoms with Gasteiger partial charge in [-0.3, -0.25) is 13.9 Å². The van der Waals surface area contributed by atoms with Gasteiger partial charge in [0.15, 0.2) is 0 Å². The minimum Gasteiger partial charge on any atom is -0.481 e. The van der Waals surface area contributed by atoms with Gasteiger partial charge >= 0.3 is 5.97 Å². The maximum Gasteiger partial charge on any atom is 0.303 e. The Kier molecular flexibility index (Phi) is 5.22. The highest BCUT2D eigenvalue weighted by Gasteiger charge is 2.30. The van der Waals surface area contributed by atoms with E-state index in [2.05, 4.69) is 0 Å². The summed E-state index contributed by atoms with van der Waals surface area (Å²) in [5.41, 5.74) is 1.93. The first-order valence-corrected chi connectivity index (χ1v) is 10.5. The number of carboxylic acids is 1. The molecule has 1 N–H and O–H groups in total. The van der Waals surface area contributed by atoms with Gasteiger partial charge in [-0.15, -0.1) is 0 Å². The molecule has 2 heterocycles. The van der Waals surface area contributed by atoms with Crippen molar-refractivity contribution in [1.29, 1.82) is 0 Å². The molecule has 8 heteroatoms. The number of carboxylic acid groups (broad SMARTS) is 1. The lowest BCUT2D eigenvalue weighted by atomic mass is 9.93. The second kappa shape index (κ2) is 7.26. The normalized spacial score (nSPS) is 20.3. The van der Waals surface area contributed by atoms with E-state index in [0.29, 0.717) is 50.1 Å². The van der Waals surface area contributed by atoms with Crippen molar-refractivity contribution in [1.82, 2.24) is 4.90 Å². The van der Waals surface area contributed by atoms with Gasteiger partial charge in [0.2, 0.25) is 10.0 Å². The molecule has 2 saturated heterocycles. The zero-order chi connectivity index (χ0) is 18.9. The number of carbonyl (C=O) groups excluding carboxylic acids is 1. The van der Waals surface area contributed by atoms with Crippen LogP contribution in [0, 0.1) is 12.8 Å². The predicted molar refractivity (Wildman–Crippen MR) is 97.8 cm³/mol. The minimum atomic E-state index is -3.24. The smallest absolute Gasteiger partial charge is 0.303 e. The largest absolute Gasteiger partial charge is 0.481 e. The highest BCUT2D eigenvalue weighted by atomic mass is 32.2. The Balaban J connectivity index is 1.70. The Labute approximate surface area is 153 Å². The third kappa shape index (κ3) is 3.85. The molecule has 142 valence electrons. The first kappa shape index (κ1) is 18.7. The van der Waals surface area contributed by atoms with Crippen molar-refractivity contribution in [2.45, 2.75) is 32.6 Å². The maximum atomic E-state index is 12.8. The third-order valence-corrected chi connectivity index (χ3v) is 7.06. The van der Waals surface area contributed by atoms with Crippen LogP contribution >= 0.6 is 0 Å². The summed E-state index contributed by atoms with van der Waals surface area (Å²) in [7, 11) is -3.24. The van der Waals surface area contributed by atoms with Crippen LogP contribution in [-0.4, -0.2) is 55.7 Å². The molecule has 0 radical (unpaired) electrons. The highest BCUT2D eigenvalue weighted by molar-refractivity contribution is 7.93. The van der Waals surface area contributed by atoms with Gasteiger partial charge in [0.25, 0.3) is 5.91 Å². The quantitative estimate of drug-likeness (QED) is 0.860. The highest BCUT2D eigenvalue weighted by Crippen LogP contribution is 2.28. The molecule has 0 saturated carbocycles. The number of carbonyl (C=O) groups is 2. The zero-order valence-electron chi connectivity index (χ0n) is 14.8. The van der Waals surface area contributed by atoms with Gasteiger partial charge in [-0.05, 0) is 55.9 Å². The molecular weight excluding hydrogens is 356 g/mol. The lowest BCUT2D eigenvalue weighted by Gasteiger charge is -2.32. The van der Waals surface area contributed by atoms with Crippen LogP contribution in [-0.2, 0) is 14.8 Å². The Morgan fingerprint density at radius 1 is 1.19 bits per heavy atom. The van der Waals surface area contributed by atoms with Gasteiger partial charge < -0.3 is 10.0 Å². The molecule has 1 amide bonds. The summed E-state index contributed by atoms with van der Waals surface area (Å²) >= 11 is 0. The van der Waals surface area contributed by atoms with Crippen molar-refractivity contribution in [3.8, 4) is 0 Å². The number of rotatable bonds is 4. The Bertz CT molecular complexity index is 813. The Morgan fingerprint density at radius 2 is 1.88 bits per heavy atom. The summed E-state index contributed by atoms with van der Waals surface area (Å²) in [6.07, 6.45) is 2.16. The molecule has 2 aliphatic heterocycles. The average molecular weight is 380 g/mol. The molecule has 0 aromatic heterocycles. The van der Waals surface area contributed by atoms with E-state index in [4.69, 9.17) is 5.11 Å². The molecule has 2 fully saturated rings. The van der Waals surface area contributed by atoms with Crippen LogP contribution in [0.15, 0.2) is 18.2 Å². The number of nitrogens with zero attached hydrogens (tertiary/aromatic N) is 2. The SMILES string of the molecule is Cc1cc(N2CCCS2(=O)=O)ccc1C(=O)N1CCC(CC(=O)O)CC1. The van der Waals surface area contributed by atoms with Crippen molar-refractivity contribution in [3.63, 3.8) is 0 Å². The molecule has 0 bridgehead atoms. The van der Waals surface area contributed by atoms with Gasteiger partial charge in [-0.1, -0.05) is 0 Å². The topological polar surface area (TPSA) is 95.0 Å². The van der Waals surface area contributed by atoms with Gasteiger partial charge in [-0.2, -0.15) is 0 Å². The Morgan fingerprint density at radius 3 is 2.42 bits per heavy atom. The van der Waals surface area contributed by atoms with E-state index < -0.39 is 16.0 Å². The molecular formula is C18H24N2O5S. The van der Waals surface area contributed by atoms with Gasteiger partial charge in [-0.25, -0.2) is 8.42 Å². The molecule has 2 aliphatic rings. The fraction of sp³-hybridized carbons (Fsp3) is 0.556. The van der Waals surface area contributed by atoms with E-state index in [1.54, 1.807) is 23.1 Å². The van der Waals surface area contributed by atoms with Crippen molar-refractivity contribution in [3.05, 3.63) is 29.3 Å². The number of hydrogen-bond acceptors (Lipinski definition) is 4. The number of likely N-dealkylation sites (tertiary alicyclic amines) is 1. The van der Waals surface area contributed by atoms with E-state index in [-0.39, 0.29) is 24.0 Å². The maximum absolute atomic E-state index is 12.8. The van der Waals surface area contributed by atoms with Crippen LogP contribution in [0.3, 0.4) is 0 Å². The van der Waals surface area contributed by atoms with E-state index in [9.17, 15) is 18.0 Å². The lowest BCUT2D eigenvalue weighted by Crippen LogP contribution is -2.39. The predicted octanol–water partition coefficient (Wildman–Crippen LogP) is 1.86. The molecule has 0 atom stereocenters. The molecule has 0 aliphatic carbocycles. The number of hydrogen-bond donors (Lipinski definition) is 1. The minimum absolute atomic E-state index is 0.0768. The third-order valence-electron chi connectivity index (χ3n) is 5.19. The zero-order valence-corrected chi connectivity index (χ0v) is 15.7. The van der Waals surface area contributed by atoms with Crippen LogP contribution in [0.5, 0.6) is 0 Å². The first-order chi connectivity index (χ1) is 12.3.